The van der Waals surface area contributed by atoms with Crippen molar-refractivity contribution in [2.75, 3.05) is 6.54 Å². The van der Waals surface area contributed by atoms with E-state index in [0.29, 0.717) is 11.1 Å². The number of rotatable bonds is 2. The summed E-state index contributed by atoms with van der Waals surface area (Å²) in [6.45, 7) is 0.153. The number of hydrogen-bond donors (Lipinski definition) is 0. The van der Waals surface area contributed by atoms with Crippen LogP contribution < -0.4 is 0 Å². The summed E-state index contributed by atoms with van der Waals surface area (Å²) >= 11 is 0. The van der Waals surface area contributed by atoms with E-state index in [2.05, 4.69) is 0 Å². The molecule has 2 aliphatic heterocycles. The van der Waals surface area contributed by atoms with Crippen LogP contribution in [-0.2, 0) is 0 Å². The molecule has 6 heteroatoms. The molecule has 17 heavy (non-hydrogen) atoms. The number of amides is 2. The third kappa shape index (κ3) is 1.47. The molecule has 3 nitrogen and oxygen atoms in total. The molecule has 77 valence electrons. The van der Waals surface area contributed by atoms with Crippen LogP contribution in [0, 0.1) is 0 Å². The zero-order chi connectivity index (χ0) is 12.2. The lowest BCUT2D eigenvalue weighted by Gasteiger charge is -2.20. The number of imide groups is 1. The number of carbonyl (C=O) groups is 2. The molecule has 2 unspecified atom stereocenters. The first-order valence-corrected chi connectivity index (χ1v) is 5.39. The van der Waals surface area contributed by atoms with Crippen LogP contribution >= 0.6 is 0 Å². The highest BCUT2D eigenvalue weighted by molar-refractivity contribution is 6.78. The summed E-state index contributed by atoms with van der Waals surface area (Å²) in [5, 5.41) is -0.715. The zero-order valence-electron chi connectivity index (χ0n) is 9.09. The van der Waals surface area contributed by atoms with Crippen molar-refractivity contribution in [3.8, 4) is 0 Å². The summed E-state index contributed by atoms with van der Waals surface area (Å²) in [6.07, 6.45) is 0. The standard InChI is InChI=1S/C11H7B3NO2/c12-10-11(13,14-10)5-15-8(16)6-3-1-2-4-7(6)9(15)17/h1-4,10H,5H2. The fourth-order valence-electron chi connectivity index (χ4n) is 2.10. The molecule has 1 fully saturated rings. The van der Waals surface area contributed by atoms with Gasteiger partial charge in [-0.05, 0) is 12.1 Å². The SMILES string of the molecule is [B]C1[B]C1([B])CN1C(=O)c2ccccc2C1=O. The van der Waals surface area contributed by atoms with Crippen LogP contribution in [0.2, 0.25) is 10.9 Å². The molecular formula is C11H7B3NO2. The first-order chi connectivity index (χ1) is 8.03. The highest BCUT2D eigenvalue weighted by atomic mass is 16.2. The Morgan fingerprint density at radius 1 is 1.24 bits per heavy atom. The second-order valence-electron chi connectivity index (χ2n) is 4.55. The second-order valence-corrected chi connectivity index (χ2v) is 4.55. The summed E-state index contributed by atoms with van der Waals surface area (Å²) < 4.78 is 0. The number of hydrogen-bond acceptors (Lipinski definition) is 2. The van der Waals surface area contributed by atoms with E-state index >= 15 is 0 Å². The van der Waals surface area contributed by atoms with Crippen molar-refractivity contribution in [1.82, 2.24) is 4.90 Å². The quantitative estimate of drug-likeness (QED) is 0.524. The number of carbonyl (C=O) groups excluding carboxylic acids is 2. The van der Waals surface area contributed by atoms with Gasteiger partial charge in [0.25, 0.3) is 11.8 Å². The monoisotopic (exact) mass is 218 g/mol. The largest absolute Gasteiger partial charge is 0.275 e. The lowest BCUT2D eigenvalue weighted by molar-refractivity contribution is 0.0653. The lowest BCUT2D eigenvalue weighted by Crippen LogP contribution is -2.34. The van der Waals surface area contributed by atoms with Crippen LogP contribution in [0.5, 0.6) is 0 Å². The minimum absolute atomic E-state index is 0.153. The van der Waals surface area contributed by atoms with Gasteiger partial charge in [0, 0.05) is 6.54 Å². The Labute approximate surface area is 103 Å². The maximum Gasteiger partial charge on any atom is 0.261 e. The number of fused-ring (bicyclic) bond motifs is 1. The van der Waals surface area contributed by atoms with Crippen molar-refractivity contribution < 1.29 is 9.59 Å². The highest BCUT2D eigenvalue weighted by Gasteiger charge is 2.50. The van der Waals surface area contributed by atoms with Gasteiger partial charge in [-0.25, -0.2) is 0 Å². The Kier molecular flexibility index (Phi) is 2.06. The van der Waals surface area contributed by atoms with Gasteiger partial charge in [0.15, 0.2) is 0 Å². The van der Waals surface area contributed by atoms with Gasteiger partial charge in [-0.2, -0.15) is 0 Å². The van der Waals surface area contributed by atoms with Crippen molar-refractivity contribution in [3.05, 3.63) is 35.4 Å². The molecule has 2 amide bonds. The van der Waals surface area contributed by atoms with Crippen molar-refractivity contribution in [1.29, 1.82) is 0 Å². The Morgan fingerprint density at radius 3 is 2.12 bits per heavy atom. The maximum atomic E-state index is 12.0. The maximum absolute atomic E-state index is 12.0. The lowest BCUT2D eigenvalue weighted by atomic mass is 9.70. The van der Waals surface area contributed by atoms with Crippen LogP contribution in [0.25, 0.3) is 0 Å². The van der Waals surface area contributed by atoms with E-state index in [-0.39, 0.29) is 24.1 Å². The average molecular weight is 218 g/mol. The van der Waals surface area contributed by atoms with Crippen LogP contribution in [0.1, 0.15) is 20.7 Å². The van der Waals surface area contributed by atoms with Crippen molar-refractivity contribution in [2.45, 2.75) is 10.9 Å². The normalized spacial score (nSPS) is 30.1. The van der Waals surface area contributed by atoms with Crippen LogP contribution in [-0.4, -0.2) is 46.2 Å². The summed E-state index contributed by atoms with van der Waals surface area (Å²) in [5.41, 5.74) is 0.637. The van der Waals surface area contributed by atoms with Gasteiger partial charge in [0.2, 0.25) is 0 Å². The molecule has 2 atom stereocenters. The molecular weight excluding hydrogens is 211 g/mol. The third-order valence-electron chi connectivity index (χ3n) is 3.31. The summed E-state index contributed by atoms with van der Waals surface area (Å²) in [7, 11) is 13.3. The molecule has 1 saturated heterocycles. The van der Waals surface area contributed by atoms with Crippen LogP contribution in [0.4, 0.5) is 0 Å². The predicted octanol–water partition coefficient (Wildman–Crippen LogP) is 0.200. The first-order valence-electron chi connectivity index (χ1n) is 5.39. The third-order valence-corrected chi connectivity index (χ3v) is 3.31. The average Bonchev–Trinajstić information content (AvgIpc) is 2.84. The van der Waals surface area contributed by atoms with Crippen molar-refractivity contribution >= 4 is 34.8 Å². The Morgan fingerprint density at radius 2 is 1.71 bits per heavy atom. The summed E-state index contributed by atoms with van der Waals surface area (Å²) in [5.74, 6) is -0.578. The number of benzene rings is 1. The van der Waals surface area contributed by atoms with E-state index in [0.717, 1.165) is 0 Å². The second kappa shape index (κ2) is 3.28. The Hall–Kier alpha value is -1.45. The van der Waals surface area contributed by atoms with Crippen LogP contribution in [0.15, 0.2) is 24.3 Å². The van der Waals surface area contributed by atoms with E-state index in [1.165, 1.54) is 4.90 Å². The van der Waals surface area contributed by atoms with Gasteiger partial charge < -0.3 is 0 Å². The molecule has 0 bridgehead atoms. The Balaban J connectivity index is 1.91. The highest BCUT2D eigenvalue weighted by Crippen LogP contribution is 2.51. The molecule has 1 aromatic carbocycles. The molecule has 0 N–H and O–H groups in total. The van der Waals surface area contributed by atoms with Gasteiger partial charge >= 0.3 is 0 Å². The molecule has 2 aliphatic rings. The van der Waals surface area contributed by atoms with Gasteiger partial charge in [-0.15, -0.1) is 5.72 Å². The summed E-state index contributed by atoms with van der Waals surface area (Å²) in [4.78, 5) is 25.2. The molecule has 0 aliphatic carbocycles. The van der Waals surface area contributed by atoms with Gasteiger partial charge in [0.1, 0.15) is 7.28 Å². The zero-order valence-corrected chi connectivity index (χ0v) is 9.09. The Bertz CT molecular complexity index is 498. The van der Waals surface area contributed by atoms with E-state index in [9.17, 15) is 9.59 Å². The molecule has 3 rings (SSSR count). The van der Waals surface area contributed by atoms with E-state index in [4.69, 9.17) is 15.7 Å². The summed E-state index contributed by atoms with van der Waals surface area (Å²) in [6, 6.07) is 6.77. The van der Waals surface area contributed by atoms with Crippen molar-refractivity contribution in [3.63, 3.8) is 0 Å². The smallest absolute Gasteiger partial charge is 0.261 e. The van der Waals surface area contributed by atoms with Gasteiger partial charge in [0.05, 0.1) is 26.8 Å². The van der Waals surface area contributed by atoms with Gasteiger partial charge in [-0.3, -0.25) is 14.5 Å². The molecule has 0 spiro atoms. The van der Waals surface area contributed by atoms with Gasteiger partial charge in [-0.1, -0.05) is 17.3 Å². The fourth-order valence-corrected chi connectivity index (χ4v) is 2.10. The van der Waals surface area contributed by atoms with Crippen molar-refractivity contribution in [2.24, 2.45) is 0 Å². The predicted molar refractivity (Wildman–Crippen MR) is 65.5 cm³/mol. The molecule has 0 saturated carbocycles. The molecule has 0 aromatic heterocycles. The molecule has 5 radical (unpaired) electrons. The van der Waals surface area contributed by atoms with E-state index < -0.39 is 5.21 Å². The molecule has 1 aromatic rings. The number of nitrogens with zero attached hydrogens (tertiary/aromatic N) is 1. The first kappa shape index (κ1) is 10.7. The minimum Gasteiger partial charge on any atom is -0.275 e. The fraction of sp³-hybridized carbons (Fsp3) is 0.273. The minimum atomic E-state index is -0.715. The topological polar surface area (TPSA) is 37.4 Å². The van der Waals surface area contributed by atoms with E-state index in [1.807, 2.05) is 0 Å². The van der Waals surface area contributed by atoms with E-state index in [1.54, 1.807) is 31.5 Å². The molecule has 2 heterocycles. The van der Waals surface area contributed by atoms with Crippen LogP contribution in [0.3, 0.4) is 0 Å².